The summed E-state index contributed by atoms with van der Waals surface area (Å²) < 4.78 is 5.07. The molecule has 1 unspecified atom stereocenters. The number of carbonyl (C=O) groups is 1. The van der Waals surface area contributed by atoms with Crippen molar-refractivity contribution in [2.75, 3.05) is 13.2 Å². The average molecular weight is 306 g/mol. The maximum Gasteiger partial charge on any atom is 0.337 e. The molecule has 2 aliphatic heterocycles. The van der Waals surface area contributed by atoms with Crippen LogP contribution < -0.4 is 0 Å². The maximum absolute atomic E-state index is 12.1. The summed E-state index contributed by atoms with van der Waals surface area (Å²) in [6, 6.07) is 6.38. The van der Waals surface area contributed by atoms with E-state index in [2.05, 4.69) is 0 Å². The number of para-hydroxylation sites is 1. The minimum absolute atomic E-state index is 0.0671. The van der Waals surface area contributed by atoms with Gasteiger partial charge in [-0.2, -0.15) is 5.06 Å². The number of rotatable bonds is 4. The van der Waals surface area contributed by atoms with Crippen LogP contribution in [0.15, 0.2) is 24.3 Å². The third kappa shape index (κ3) is 2.46. The van der Waals surface area contributed by atoms with E-state index in [-0.39, 0.29) is 28.5 Å². The summed E-state index contributed by atoms with van der Waals surface area (Å²) in [7, 11) is 0. The van der Waals surface area contributed by atoms with Crippen LogP contribution in [0.2, 0.25) is 0 Å². The molecule has 4 atom stereocenters. The molecule has 0 aliphatic carbocycles. The summed E-state index contributed by atoms with van der Waals surface area (Å²) in [5.74, 6) is -0.505. The second kappa shape index (κ2) is 6.02. The summed E-state index contributed by atoms with van der Waals surface area (Å²) in [5.41, 5.74) is 0.668. The van der Waals surface area contributed by atoms with E-state index in [1.54, 1.807) is 30.2 Å². The first-order valence-corrected chi connectivity index (χ1v) is 7.47. The van der Waals surface area contributed by atoms with Crippen LogP contribution in [0.3, 0.4) is 0 Å². The monoisotopic (exact) mass is 306 g/mol. The zero-order valence-electron chi connectivity index (χ0n) is 12.3. The van der Waals surface area contributed by atoms with Gasteiger partial charge in [0.15, 0.2) is 6.10 Å². The summed E-state index contributed by atoms with van der Waals surface area (Å²) in [6.07, 6.45) is 1.02. The van der Waals surface area contributed by atoms with Gasteiger partial charge in [0.25, 0.3) is 5.69 Å². The van der Waals surface area contributed by atoms with Crippen molar-refractivity contribution in [3.8, 4) is 0 Å². The molecule has 2 fully saturated rings. The van der Waals surface area contributed by atoms with Crippen molar-refractivity contribution in [3.05, 3.63) is 39.9 Å². The second-order valence-electron chi connectivity index (χ2n) is 5.49. The molecule has 0 amide bonds. The van der Waals surface area contributed by atoms with Gasteiger partial charge in [-0.15, -0.1) is 0 Å². The Balaban J connectivity index is 1.95. The zero-order valence-corrected chi connectivity index (χ0v) is 12.3. The summed E-state index contributed by atoms with van der Waals surface area (Å²) in [5, 5.41) is 13.0. The third-order valence-corrected chi connectivity index (χ3v) is 4.24. The van der Waals surface area contributed by atoms with E-state index in [1.165, 1.54) is 6.07 Å². The van der Waals surface area contributed by atoms with Crippen molar-refractivity contribution in [3.63, 3.8) is 0 Å². The number of nitrogens with zero attached hydrogens (tertiary/aromatic N) is 2. The van der Waals surface area contributed by atoms with E-state index in [0.717, 1.165) is 12.8 Å². The summed E-state index contributed by atoms with van der Waals surface area (Å²) >= 11 is 0. The van der Waals surface area contributed by atoms with Crippen molar-refractivity contribution in [1.82, 2.24) is 5.06 Å². The van der Waals surface area contributed by atoms with Gasteiger partial charge in [-0.3, -0.25) is 15.0 Å². The van der Waals surface area contributed by atoms with Crippen LogP contribution in [0.25, 0.3) is 0 Å². The molecule has 2 heterocycles. The van der Waals surface area contributed by atoms with Gasteiger partial charge in [-0.1, -0.05) is 18.2 Å². The molecular formula is C15H18N2O5. The number of nitro benzene ring substituents is 1. The molecule has 0 aromatic heterocycles. The van der Waals surface area contributed by atoms with Gasteiger partial charge in [0.2, 0.25) is 0 Å². The standard InChI is InChI=1S/C15H18N2O5/c1-2-21-15(18)14-11-7-5-9-16(22-14)13(11)10-6-3-4-8-12(10)17(19)20/h3-4,6,8,11,13-14H,2,5,7,9H2,1H3/t11-,13+,14+/m0/s1. The summed E-state index contributed by atoms with van der Waals surface area (Å²) in [6.45, 7) is 2.70. The van der Waals surface area contributed by atoms with Gasteiger partial charge in [0.1, 0.15) is 0 Å². The lowest BCUT2D eigenvalue weighted by Gasteiger charge is -2.30. The summed E-state index contributed by atoms with van der Waals surface area (Å²) in [4.78, 5) is 28.7. The molecule has 0 N–H and O–H groups in total. The molecule has 118 valence electrons. The smallest absolute Gasteiger partial charge is 0.337 e. The Morgan fingerprint density at radius 2 is 2.27 bits per heavy atom. The predicted octanol–water partition coefficient (Wildman–Crippen LogP) is 2.22. The molecule has 3 rings (SSSR count). The quantitative estimate of drug-likeness (QED) is 0.482. The van der Waals surface area contributed by atoms with Crippen LogP contribution in [0.4, 0.5) is 5.69 Å². The van der Waals surface area contributed by atoms with E-state index in [1.807, 2.05) is 0 Å². The number of hydroxylamine groups is 2. The third-order valence-electron chi connectivity index (χ3n) is 4.24. The molecule has 1 aromatic carbocycles. The van der Waals surface area contributed by atoms with Crippen molar-refractivity contribution < 1.29 is 19.3 Å². The largest absolute Gasteiger partial charge is 0.464 e. The molecule has 0 saturated carbocycles. The fourth-order valence-electron chi connectivity index (χ4n) is 3.38. The molecule has 22 heavy (non-hydrogen) atoms. The minimum atomic E-state index is -0.674. The lowest BCUT2D eigenvalue weighted by Crippen LogP contribution is -2.32. The lowest BCUT2D eigenvalue weighted by molar-refractivity contribution is -0.386. The number of esters is 1. The number of nitro groups is 1. The molecular weight excluding hydrogens is 288 g/mol. The number of benzene rings is 1. The Morgan fingerprint density at radius 3 is 3.00 bits per heavy atom. The average Bonchev–Trinajstić information content (AvgIpc) is 2.73. The van der Waals surface area contributed by atoms with Crippen molar-refractivity contribution in [2.24, 2.45) is 5.92 Å². The molecule has 0 spiro atoms. The van der Waals surface area contributed by atoms with Crippen molar-refractivity contribution >= 4 is 11.7 Å². The van der Waals surface area contributed by atoms with E-state index in [0.29, 0.717) is 18.7 Å². The number of fused-ring (bicyclic) bond motifs is 2. The minimum Gasteiger partial charge on any atom is -0.464 e. The van der Waals surface area contributed by atoms with Crippen LogP contribution in [0, 0.1) is 16.0 Å². The van der Waals surface area contributed by atoms with Gasteiger partial charge < -0.3 is 4.74 Å². The first-order valence-electron chi connectivity index (χ1n) is 7.47. The molecule has 1 aromatic rings. The fraction of sp³-hybridized carbons (Fsp3) is 0.533. The van der Waals surface area contributed by atoms with Crippen LogP contribution >= 0.6 is 0 Å². The Morgan fingerprint density at radius 1 is 1.50 bits per heavy atom. The molecule has 7 nitrogen and oxygen atoms in total. The van der Waals surface area contributed by atoms with Gasteiger partial charge in [0, 0.05) is 24.1 Å². The highest BCUT2D eigenvalue weighted by atomic mass is 16.7. The molecule has 2 bridgehead atoms. The van der Waals surface area contributed by atoms with Crippen LogP contribution in [0.5, 0.6) is 0 Å². The molecule has 0 radical (unpaired) electrons. The highest BCUT2D eigenvalue weighted by Crippen LogP contribution is 2.47. The Bertz CT molecular complexity index is 591. The SMILES string of the molecule is CCOC(=O)[C@@H]1ON2CCC[C@H]1[C@H]2c1ccccc1[N+](=O)[O-]. The van der Waals surface area contributed by atoms with Crippen LogP contribution in [-0.2, 0) is 14.4 Å². The molecule has 2 saturated heterocycles. The van der Waals surface area contributed by atoms with Gasteiger partial charge >= 0.3 is 5.97 Å². The Kier molecular flexibility index (Phi) is 4.08. The Labute approximate surface area is 127 Å². The number of piperidine rings is 1. The highest BCUT2D eigenvalue weighted by Gasteiger charge is 2.51. The predicted molar refractivity (Wildman–Crippen MR) is 76.8 cm³/mol. The molecule has 2 aliphatic rings. The zero-order chi connectivity index (χ0) is 15.7. The number of hydrogen-bond acceptors (Lipinski definition) is 6. The highest BCUT2D eigenvalue weighted by molar-refractivity contribution is 5.75. The number of carbonyl (C=O) groups excluding carboxylic acids is 1. The topological polar surface area (TPSA) is 81.9 Å². The van der Waals surface area contributed by atoms with Crippen LogP contribution in [-0.4, -0.2) is 35.2 Å². The fourth-order valence-corrected chi connectivity index (χ4v) is 3.38. The van der Waals surface area contributed by atoms with Crippen LogP contribution in [0.1, 0.15) is 31.4 Å². The normalized spacial score (nSPS) is 30.0. The first kappa shape index (κ1) is 14.9. The van der Waals surface area contributed by atoms with E-state index < -0.39 is 6.10 Å². The lowest BCUT2D eigenvalue weighted by atomic mass is 9.83. The van der Waals surface area contributed by atoms with Crippen molar-refractivity contribution in [2.45, 2.75) is 31.9 Å². The van der Waals surface area contributed by atoms with Crippen molar-refractivity contribution in [1.29, 1.82) is 0 Å². The molecule has 7 heteroatoms. The van der Waals surface area contributed by atoms with E-state index in [4.69, 9.17) is 9.57 Å². The maximum atomic E-state index is 12.1. The first-order chi connectivity index (χ1) is 10.6. The van der Waals surface area contributed by atoms with E-state index in [9.17, 15) is 14.9 Å². The Hall–Kier alpha value is -1.99. The number of hydrogen-bond donors (Lipinski definition) is 0. The van der Waals surface area contributed by atoms with E-state index >= 15 is 0 Å². The second-order valence-corrected chi connectivity index (χ2v) is 5.49. The van der Waals surface area contributed by atoms with Gasteiger partial charge in [0.05, 0.1) is 17.6 Å². The van der Waals surface area contributed by atoms with Gasteiger partial charge in [-0.05, 0) is 19.8 Å². The number of ether oxygens (including phenoxy) is 1. The van der Waals surface area contributed by atoms with Gasteiger partial charge in [-0.25, -0.2) is 4.79 Å².